The van der Waals surface area contributed by atoms with Crippen molar-refractivity contribution < 1.29 is 17.6 Å². The van der Waals surface area contributed by atoms with E-state index in [0.717, 1.165) is 12.1 Å². The monoisotopic (exact) mass is 256 g/mol. The number of hydrogen-bond donors (Lipinski definition) is 1. The second kappa shape index (κ2) is 4.64. The van der Waals surface area contributed by atoms with Gasteiger partial charge in [-0.05, 0) is 18.2 Å². The average Bonchev–Trinajstić information content (AvgIpc) is 2.28. The van der Waals surface area contributed by atoms with Crippen LogP contribution in [-0.2, 0) is 6.18 Å². The Bertz CT molecular complexity index is 552. The maximum absolute atomic E-state index is 12.8. The first-order chi connectivity index (χ1) is 8.47. The molecule has 0 radical (unpaired) electrons. The Balaban J connectivity index is 2.35. The zero-order chi connectivity index (χ0) is 13.2. The fourth-order valence-electron chi connectivity index (χ4n) is 1.48. The Morgan fingerprint density at radius 1 is 1.06 bits per heavy atom. The van der Waals surface area contributed by atoms with E-state index < -0.39 is 17.7 Å². The SMILES string of the molecule is Fc1cc(Nc2ccccc2C(F)(F)F)ccn1. The summed E-state index contributed by atoms with van der Waals surface area (Å²) in [7, 11) is 0. The van der Waals surface area contributed by atoms with Crippen LogP contribution in [0.2, 0.25) is 0 Å². The summed E-state index contributed by atoms with van der Waals surface area (Å²) in [5.41, 5.74) is -0.725. The van der Waals surface area contributed by atoms with Gasteiger partial charge >= 0.3 is 6.18 Å². The lowest BCUT2D eigenvalue weighted by atomic mass is 10.1. The molecule has 0 aliphatic heterocycles. The quantitative estimate of drug-likeness (QED) is 0.649. The molecule has 2 rings (SSSR count). The van der Waals surface area contributed by atoms with Crippen LogP contribution in [0.4, 0.5) is 28.9 Å². The topological polar surface area (TPSA) is 24.9 Å². The fraction of sp³-hybridized carbons (Fsp3) is 0.0833. The molecule has 6 heteroatoms. The van der Waals surface area contributed by atoms with Gasteiger partial charge < -0.3 is 5.32 Å². The molecule has 0 saturated carbocycles. The van der Waals surface area contributed by atoms with E-state index in [-0.39, 0.29) is 11.4 Å². The van der Waals surface area contributed by atoms with E-state index in [1.807, 2.05) is 0 Å². The van der Waals surface area contributed by atoms with Gasteiger partial charge in [0.25, 0.3) is 0 Å². The minimum atomic E-state index is -4.46. The van der Waals surface area contributed by atoms with Gasteiger partial charge in [0.15, 0.2) is 0 Å². The molecule has 0 aliphatic rings. The third-order valence-corrected chi connectivity index (χ3v) is 2.24. The van der Waals surface area contributed by atoms with Crippen molar-refractivity contribution in [2.45, 2.75) is 6.18 Å². The number of para-hydroxylation sites is 1. The largest absolute Gasteiger partial charge is 0.418 e. The number of benzene rings is 1. The summed E-state index contributed by atoms with van der Waals surface area (Å²) < 4.78 is 50.9. The number of anilines is 2. The lowest BCUT2D eigenvalue weighted by molar-refractivity contribution is -0.136. The van der Waals surface area contributed by atoms with Crippen molar-refractivity contribution >= 4 is 11.4 Å². The van der Waals surface area contributed by atoms with Gasteiger partial charge in [0.1, 0.15) is 0 Å². The van der Waals surface area contributed by atoms with E-state index in [9.17, 15) is 17.6 Å². The molecule has 0 fully saturated rings. The molecule has 0 unspecified atom stereocenters. The van der Waals surface area contributed by atoms with Crippen LogP contribution >= 0.6 is 0 Å². The zero-order valence-electron chi connectivity index (χ0n) is 9.00. The molecule has 0 amide bonds. The molecule has 1 aromatic carbocycles. The van der Waals surface area contributed by atoms with Crippen LogP contribution in [0, 0.1) is 5.95 Å². The Morgan fingerprint density at radius 3 is 2.44 bits per heavy atom. The lowest BCUT2D eigenvalue weighted by Gasteiger charge is -2.14. The molecule has 18 heavy (non-hydrogen) atoms. The molecule has 0 atom stereocenters. The fourth-order valence-corrected chi connectivity index (χ4v) is 1.48. The summed E-state index contributed by atoms with van der Waals surface area (Å²) in [5.74, 6) is -0.760. The third kappa shape index (κ3) is 2.77. The van der Waals surface area contributed by atoms with Crippen molar-refractivity contribution in [3.63, 3.8) is 0 Å². The number of rotatable bonds is 2. The second-order valence-corrected chi connectivity index (χ2v) is 3.54. The standard InChI is InChI=1S/C12H8F4N2/c13-11-7-8(5-6-17-11)18-10-4-2-1-3-9(10)12(14,15)16/h1-7H,(H,17,18). The molecule has 0 aliphatic carbocycles. The Hall–Kier alpha value is -2.11. The third-order valence-electron chi connectivity index (χ3n) is 2.24. The molecular weight excluding hydrogens is 248 g/mol. The summed E-state index contributed by atoms with van der Waals surface area (Å²) >= 11 is 0. The lowest BCUT2D eigenvalue weighted by Crippen LogP contribution is -2.08. The Morgan fingerprint density at radius 2 is 1.78 bits per heavy atom. The van der Waals surface area contributed by atoms with Crippen molar-refractivity contribution in [2.75, 3.05) is 5.32 Å². The van der Waals surface area contributed by atoms with Crippen molar-refractivity contribution in [1.82, 2.24) is 4.98 Å². The van der Waals surface area contributed by atoms with Gasteiger partial charge in [-0.2, -0.15) is 17.6 Å². The number of hydrogen-bond acceptors (Lipinski definition) is 2. The van der Waals surface area contributed by atoms with Crippen molar-refractivity contribution in [3.05, 3.63) is 54.1 Å². The predicted octanol–water partition coefficient (Wildman–Crippen LogP) is 3.98. The van der Waals surface area contributed by atoms with Crippen LogP contribution in [0.3, 0.4) is 0 Å². The van der Waals surface area contributed by atoms with E-state index in [4.69, 9.17) is 0 Å². The van der Waals surface area contributed by atoms with Crippen molar-refractivity contribution in [2.24, 2.45) is 0 Å². The summed E-state index contributed by atoms with van der Waals surface area (Å²) in [6.45, 7) is 0. The molecular formula is C12H8F4N2. The van der Waals surface area contributed by atoms with Crippen LogP contribution in [0.1, 0.15) is 5.56 Å². The first-order valence-corrected chi connectivity index (χ1v) is 5.01. The molecule has 0 spiro atoms. The number of alkyl halides is 3. The molecule has 0 saturated heterocycles. The van der Waals surface area contributed by atoms with Crippen LogP contribution in [0.15, 0.2) is 42.6 Å². The van der Waals surface area contributed by atoms with Crippen molar-refractivity contribution in [1.29, 1.82) is 0 Å². The molecule has 1 N–H and O–H groups in total. The minimum Gasteiger partial charge on any atom is -0.355 e. The highest BCUT2D eigenvalue weighted by Gasteiger charge is 2.33. The number of nitrogens with zero attached hydrogens (tertiary/aromatic N) is 1. The molecule has 1 aromatic heterocycles. The molecule has 2 nitrogen and oxygen atoms in total. The average molecular weight is 256 g/mol. The van der Waals surface area contributed by atoms with E-state index in [1.54, 1.807) is 0 Å². The van der Waals surface area contributed by atoms with Gasteiger partial charge in [0, 0.05) is 18.0 Å². The number of nitrogens with one attached hydrogen (secondary N) is 1. The zero-order valence-corrected chi connectivity index (χ0v) is 9.00. The molecule has 0 bridgehead atoms. The van der Waals surface area contributed by atoms with Gasteiger partial charge in [-0.15, -0.1) is 0 Å². The van der Waals surface area contributed by atoms with E-state index in [1.165, 1.54) is 30.5 Å². The van der Waals surface area contributed by atoms with Crippen LogP contribution in [0.25, 0.3) is 0 Å². The Labute approximate surface area is 100 Å². The van der Waals surface area contributed by atoms with Crippen LogP contribution in [-0.4, -0.2) is 4.98 Å². The van der Waals surface area contributed by atoms with E-state index >= 15 is 0 Å². The highest BCUT2D eigenvalue weighted by atomic mass is 19.4. The summed E-state index contributed by atoms with van der Waals surface area (Å²) in [6.07, 6.45) is -3.29. The van der Waals surface area contributed by atoms with Gasteiger partial charge in [-0.1, -0.05) is 12.1 Å². The highest BCUT2D eigenvalue weighted by Crippen LogP contribution is 2.35. The number of halogens is 4. The van der Waals surface area contributed by atoms with E-state index in [2.05, 4.69) is 10.3 Å². The molecule has 1 heterocycles. The predicted molar refractivity (Wildman–Crippen MR) is 58.9 cm³/mol. The van der Waals surface area contributed by atoms with Gasteiger partial charge in [0.2, 0.25) is 5.95 Å². The van der Waals surface area contributed by atoms with E-state index in [0.29, 0.717) is 0 Å². The molecule has 2 aromatic rings. The van der Waals surface area contributed by atoms with Crippen molar-refractivity contribution in [3.8, 4) is 0 Å². The van der Waals surface area contributed by atoms with Crippen LogP contribution in [0.5, 0.6) is 0 Å². The van der Waals surface area contributed by atoms with Gasteiger partial charge in [0.05, 0.1) is 11.3 Å². The van der Waals surface area contributed by atoms with Gasteiger partial charge in [-0.25, -0.2) is 4.98 Å². The molecule has 94 valence electrons. The van der Waals surface area contributed by atoms with Crippen LogP contribution < -0.4 is 5.32 Å². The maximum atomic E-state index is 12.8. The summed E-state index contributed by atoms with van der Waals surface area (Å²) in [4.78, 5) is 3.32. The summed E-state index contributed by atoms with van der Waals surface area (Å²) in [6, 6.07) is 7.40. The summed E-state index contributed by atoms with van der Waals surface area (Å²) in [5, 5.41) is 2.52. The first kappa shape index (κ1) is 12.3. The Kier molecular flexibility index (Phi) is 3.18. The number of aromatic nitrogens is 1. The second-order valence-electron chi connectivity index (χ2n) is 3.54. The minimum absolute atomic E-state index is 0.129. The van der Waals surface area contributed by atoms with Gasteiger partial charge in [-0.3, -0.25) is 0 Å². The normalized spacial score (nSPS) is 11.3. The highest BCUT2D eigenvalue weighted by molar-refractivity contribution is 5.63. The first-order valence-electron chi connectivity index (χ1n) is 5.01. The smallest absolute Gasteiger partial charge is 0.355 e. The maximum Gasteiger partial charge on any atom is 0.418 e. The number of pyridine rings is 1.